The van der Waals surface area contributed by atoms with Gasteiger partial charge in [0.15, 0.2) is 0 Å². The Bertz CT molecular complexity index is 541. The smallest absolute Gasteiger partial charge is 0.268 e. The van der Waals surface area contributed by atoms with Crippen LogP contribution in [0.3, 0.4) is 0 Å². The minimum atomic E-state index is -4.30. The number of hydrogen-bond donors (Lipinski definition) is 1. The summed E-state index contributed by atoms with van der Waals surface area (Å²) in [6, 6.07) is 14.7. The Morgan fingerprint density at radius 3 is 1.76 bits per heavy atom. The highest BCUT2D eigenvalue weighted by Gasteiger charge is 2.29. The average Bonchev–Trinajstić information content (AvgIpc) is 2.39. The minimum absolute atomic E-state index is 0. The van der Waals surface area contributed by atoms with Gasteiger partial charge in [0.05, 0.1) is 5.56 Å². The summed E-state index contributed by atoms with van der Waals surface area (Å²) in [6.45, 7) is 0.939. The summed E-state index contributed by atoms with van der Waals surface area (Å²) in [5.74, 6) is 5.87. The van der Waals surface area contributed by atoms with Crippen molar-refractivity contribution in [2.45, 2.75) is 19.3 Å². The first-order valence-electron chi connectivity index (χ1n) is 6.15. The highest BCUT2D eigenvalue weighted by Crippen LogP contribution is 2.29. The van der Waals surface area contributed by atoms with Gasteiger partial charge in [0.25, 0.3) is 0 Å². The molecule has 0 atom stereocenters. The molecular weight excluding hydrogens is 301 g/mol. The van der Waals surface area contributed by atoms with Gasteiger partial charge in [0.2, 0.25) is 0 Å². The van der Waals surface area contributed by atoms with Crippen molar-refractivity contribution in [3.63, 3.8) is 0 Å². The number of alkyl halides is 3. The number of benzene rings is 2. The Labute approximate surface area is 127 Å². The van der Waals surface area contributed by atoms with Crippen LogP contribution in [-0.2, 0) is 19.3 Å². The lowest BCUT2D eigenvalue weighted by molar-refractivity contribution is -0.137. The fraction of sp³-hybridized carbons (Fsp3) is 0.200. The topological polar surface area (TPSA) is 29.3 Å². The van der Waals surface area contributed by atoms with Crippen LogP contribution < -0.4 is 5.84 Å². The molecule has 21 heavy (non-hydrogen) atoms. The second-order valence-electron chi connectivity index (χ2n) is 4.59. The fourth-order valence-electron chi connectivity index (χ4n) is 1.91. The quantitative estimate of drug-likeness (QED) is 0.682. The number of rotatable bonds is 4. The summed E-state index contributed by atoms with van der Waals surface area (Å²) < 4.78 is 37.3. The van der Waals surface area contributed by atoms with Gasteiger partial charge in [-0.3, -0.25) is 5.84 Å². The number of nitrogens with zero attached hydrogens (tertiary/aromatic N) is 1. The van der Waals surface area contributed by atoms with E-state index in [1.54, 1.807) is 5.01 Å². The van der Waals surface area contributed by atoms with Crippen LogP contribution in [0, 0.1) is 0 Å². The van der Waals surface area contributed by atoms with E-state index in [4.69, 9.17) is 5.84 Å². The van der Waals surface area contributed by atoms with Gasteiger partial charge in [0.1, 0.15) is 0 Å². The first-order valence-corrected chi connectivity index (χ1v) is 6.15. The van der Waals surface area contributed by atoms with E-state index in [-0.39, 0.29) is 12.4 Å². The first-order chi connectivity index (χ1) is 9.45. The molecule has 2 aromatic rings. The van der Waals surface area contributed by atoms with Crippen molar-refractivity contribution in [2.75, 3.05) is 0 Å². The van der Waals surface area contributed by atoms with Gasteiger partial charge in [-0.25, -0.2) is 5.01 Å². The van der Waals surface area contributed by atoms with Gasteiger partial charge in [-0.15, -0.1) is 12.4 Å². The van der Waals surface area contributed by atoms with Crippen molar-refractivity contribution in [3.8, 4) is 0 Å². The number of nitrogens with two attached hydrogens (primary N) is 1. The maximum atomic E-state index is 12.4. The molecule has 2 nitrogen and oxygen atoms in total. The van der Waals surface area contributed by atoms with Crippen LogP contribution in [0.1, 0.15) is 16.7 Å². The molecule has 0 saturated carbocycles. The third-order valence-electron chi connectivity index (χ3n) is 2.90. The Hall–Kier alpha value is -1.56. The van der Waals surface area contributed by atoms with Gasteiger partial charge in [0, 0.05) is 13.1 Å². The van der Waals surface area contributed by atoms with Gasteiger partial charge in [-0.1, -0.05) is 42.5 Å². The lowest BCUT2D eigenvalue weighted by atomic mass is 10.1. The highest BCUT2D eigenvalue weighted by atomic mass is 35.5. The molecule has 0 amide bonds. The van der Waals surface area contributed by atoms with Crippen molar-refractivity contribution >= 4 is 12.4 Å². The van der Waals surface area contributed by atoms with E-state index in [1.807, 2.05) is 30.3 Å². The van der Waals surface area contributed by atoms with Crippen molar-refractivity contribution in [1.82, 2.24) is 5.01 Å². The van der Waals surface area contributed by atoms with Crippen LogP contribution in [0.2, 0.25) is 0 Å². The van der Waals surface area contributed by atoms with Gasteiger partial charge in [-0.05, 0) is 23.3 Å². The molecule has 0 saturated heterocycles. The molecule has 2 aromatic carbocycles. The molecule has 0 fully saturated rings. The lowest BCUT2D eigenvalue weighted by Crippen LogP contribution is -2.29. The van der Waals surface area contributed by atoms with E-state index in [0.29, 0.717) is 13.1 Å². The van der Waals surface area contributed by atoms with E-state index in [9.17, 15) is 13.2 Å². The summed E-state index contributed by atoms with van der Waals surface area (Å²) in [7, 11) is 0. The van der Waals surface area contributed by atoms with E-state index >= 15 is 0 Å². The van der Waals surface area contributed by atoms with Crippen molar-refractivity contribution < 1.29 is 13.2 Å². The summed E-state index contributed by atoms with van der Waals surface area (Å²) in [6.07, 6.45) is -4.30. The van der Waals surface area contributed by atoms with E-state index in [2.05, 4.69) is 0 Å². The molecule has 0 aliphatic carbocycles. The molecule has 0 aliphatic heterocycles. The molecule has 0 unspecified atom stereocenters. The summed E-state index contributed by atoms with van der Waals surface area (Å²) in [5, 5.41) is 1.57. The molecule has 2 N–H and O–H groups in total. The molecule has 0 radical (unpaired) electrons. The predicted octanol–water partition coefficient (Wildman–Crippen LogP) is 4.00. The monoisotopic (exact) mass is 316 g/mol. The molecule has 0 aliphatic rings. The van der Waals surface area contributed by atoms with Crippen LogP contribution in [0.25, 0.3) is 0 Å². The zero-order valence-electron chi connectivity index (χ0n) is 11.2. The molecule has 0 spiro atoms. The van der Waals surface area contributed by atoms with Gasteiger partial charge >= 0.3 is 6.18 Å². The third-order valence-corrected chi connectivity index (χ3v) is 2.90. The number of hydrazine groups is 1. The van der Waals surface area contributed by atoms with E-state index < -0.39 is 11.7 Å². The van der Waals surface area contributed by atoms with Crippen LogP contribution in [0.4, 0.5) is 13.2 Å². The maximum absolute atomic E-state index is 12.4. The van der Waals surface area contributed by atoms with Crippen LogP contribution in [0.15, 0.2) is 54.6 Å². The highest BCUT2D eigenvalue weighted by molar-refractivity contribution is 5.85. The molecule has 0 bridgehead atoms. The molecule has 6 heteroatoms. The lowest BCUT2D eigenvalue weighted by Gasteiger charge is -2.17. The van der Waals surface area contributed by atoms with Crippen LogP contribution >= 0.6 is 12.4 Å². The van der Waals surface area contributed by atoms with Crippen molar-refractivity contribution in [3.05, 3.63) is 71.3 Å². The summed E-state index contributed by atoms with van der Waals surface area (Å²) in [4.78, 5) is 0. The Morgan fingerprint density at radius 2 is 1.29 bits per heavy atom. The number of hydrogen-bond acceptors (Lipinski definition) is 2. The summed E-state index contributed by atoms with van der Waals surface area (Å²) in [5.41, 5.74) is 1.16. The Kier molecular flexibility index (Phi) is 6.20. The molecular formula is C15H16ClF3N2. The molecule has 2 rings (SSSR count). The van der Waals surface area contributed by atoms with Crippen LogP contribution in [0.5, 0.6) is 0 Å². The second-order valence-corrected chi connectivity index (χ2v) is 4.59. The van der Waals surface area contributed by atoms with Crippen molar-refractivity contribution in [1.29, 1.82) is 0 Å². The standard InChI is InChI=1S/C15H15F3N2.ClH/c16-15(17,18)14-8-6-13(7-9-14)11-20(19)10-12-4-2-1-3-5-12;/h1-9H,10-11,19H2;1H. The predicted molar refractivity (Wildman–Crippen MR) is 78.6 cm³/mol. The molecule has 114 valence electrons. The van der Waals surface area contributed by atoms with Gasteiger partial charge < -0.3 is 0 Å². The van der Waals surface area contributed by atoms with E-state index in [0.717, 1.165) is 23.3 Å². The average molecular weight is 317 g/mol. The normalized spacial score (nSPS) is 11.3. The fourth-order valence-corrected chi connectivity index (χ4v) is 1.91. The second kappa shape index (κ2) is 7.45. The SMILES string of the molecule is Cl.NN(Cc1ccccc1)Cc1ccc(C(F)(F)F)cc1. The van der Waals surface area contributed by atoms with Gasteiger partial charge in [-0.2, -0.15) is 13.2 Å². The molecule has 0 heterocycles. The molecule has 0 aromatic heterocycles. The minimum Gasteiger partial charge on any atom is -0.268 e. The van der Waals surface area contributed by atoms with Crippen LogP contribution in [-0.4, -0.2) is 5.01 Å². The largest absolute Gasteiger partial charge is 0.416 e. The third kappa shape index (κ3) is 5.38. The summed E-state index contributed by atoms with van der Waals surface area (Å²) >= 11 is 0. The Balaban J connectivity index is 0.00000220. The van der Waals surface area contributed by atoms with Crippen molar-refractivity contribution in [2.24, 2.45) is 5.84 Å². The van der Waals surface area contributed by atoms with E-state index in [1.165, 1.54) is 12.1 Å². The maximum Gasteiger partial charge on any atom is 0.416 e. The zero-order chi connectivity index (χ0) is 14.6. The zero-order valence-corrected chi connectivity index (χ0v) is 12.0. The first kappa shape index (κ1) is 17.5. The Morgan fingerprint density at radius 1 is 0.810 bits per heavy atom. The number of halogens is 4.